The Hall–Kier alpha value is -2.82. The van der Waals surface area contributed by atoms with E-state index in [0.29, 0.717) is 17.8 Å². The molecule has 5 heteroatoms. The number of nitrogens with zero attached hydrogens (tertiary/aromatic N) is 2. The van der Waals surface area contributed by atoms with Gasteiger partial charge in [-0.2, -0.15) is 0 Å². The number of para-hydroxylation sites is 1. The van der Waals surface area contributed by atoms with Gasteiger partial charge in [0.2, 0.25) is 5.91 Å². The summed E-state index contributed by atoms with van der Waals surface area (Å²) in [6.07, 6.45) is 3.73. The first-order chi connectivity index (χ1) is 14.3. The van der Waals surface area contributed by atoms with E-state index >= 15 is 0 Å². The van der Waals surface area contributed by atoms with Crippen LogP contribution >= 0.6 is 0 Å². The van der Waals surface area contributed by atoms with Crippen LogP contribution in [-0.2, 0) is 11.3 Å². The van der Waals surface area contributed by atoms with Crippen LogP contribution in [0.5, 0.6) is 0 Å². The van der Waals surface area contributed by atoms with Gasteiger partial charge in [0, 0.05) is 49.0 Å². The Labute approximate surface area is 180 Å². The van der Waals surface area contributed by atoms with E-state index in [1.165, 1.54) is 24.9 Å². The van der Waals surface area contributed by atoms with Gasteiger partial charge in [0.15, 0.2) is 0 Å². The maximum Gasteiger partial charge on any atom is 0.253 e. The van der Waals surface area contributed by atoms with Crippen LogP contribution in [0.1, 0.15) is 56.0 Å². The van der Waals surface area contributed by atoms with Gasteiger partial charge >= 0.3 is 0 Å². The van der Waals surface area contributed by atoms with E-state index in [1.807, 2.05) is 40.0 Å². The highest BCUT2D eigenvalue weighted by Crippen LogP contribution is 2.26. The van der Waals surface area contributed by atoms with Crippen LogP contribution < -0.4 is 10.2 Å². The van der Waals surface area contributed by atoms with Gasteiger partial charge in [0.1, 0.15) is 0 Å². The standard InChI is InChI=1S/C25H33N3O2/c1-25(2,3)24(30)26-21-13-10-12-19(17-21)23(29)27(4)18-20-11-6-7-14-22(20)28-15-8-5-9-16-28/h6-7,10-14,17H,5,8-9,15-16,18H2,1-4H3,(H,26,30). The predicted molar refractivity (Wildman–Crippen MR) is 123 cm³/mol. The number of rotatable bonds is 5. The zero-order valence-electron chi connectivity index (χ0n) is 18.6. The van der Waals surface area contributed by atoms with Crippen molar-refractivity contribution < 1.29 is 9.59 Å². The van der Waals surface area contributed by atoms with Crippen LogP contribution in [0.25, 0.3) is 0 Å². The highest BCUT2D eigenvalue weighted by atomic mass is 16.2. The lowest BCUT2D eigenvalue weighted by molar-refractivity contribution is -0.123. The smallest absolute Gasteiger partial charge is 0.253 e. The molecule has 0 aliphatic carbocycles. The van der Waals surface area contributed by atoms with E-state index in [1.54, 1.807) is 23.1 Å². The quantitative estimate of drug-likeness (QED) is 0.764. The van der Waals surface area contributed by atoms with Crippen molar-refractivity contribution in [2.24, 2.45) is 5.41 Å². The van der Waals surface area contributed by atoms with E-state index < -0.39 is 5.41 Å². The average molecular weight is 408 g/mol. The summed E-state index contributed by atoms with van der Waals surface area (Å²) in [5.74, 6) is -0.133. The summed E-state index contributed by atoms with van der Waals surface area (Å²) < 4.78 is 0. The minimum absolute atomic E-state index is 0.0599. The third-order valence-electron chi connectivity index (χ3n) is 5.49. The number of hydrogen-bond donors (Lipinski definition) is 1. The lowest BCUT2D eigenvalue weighted by atomic mass is 9.95. The van der Waals surface area contributed by atoms with Crippen LogP contribution in [0, 0.1) is 5.41 Å². The first-order valence-electron chi connectivity index (χ1n) is 10.8. The second kappa shape index (κ2) is 9.33. The molecule has 2 amide bonds. The number of piperidine rings is 1. The molecule has 5 nitrogen and oxygen atoms in total. The SMILES string of the molecule is CN(Cc1ccccc1N1CCCCC1)C(=O)c1cccc(NC(=O)C(C)(C)C)c1. The van der Waals surface area contributed by atoms with Crippen molar-refractivity contribution in [2.45, 2.75) is 46.6 Å². The lowest BCUT2D eigenvalue weighted by Crippen LogP contribution is -2.32. The highest BCUT2D eigenvalue weighted by Gasteiger charge is 2.22. The number of benzene rings is 2. The molecule has 2 aromatic rings. The van der Waals surface area contributed by atoms with E-state index in [0.717, 1.165) is 18.7 Å². The molecule has 1 saturated heterocycles. The van der Waals surface area contributed by atoms with Crippen LogP contribution in [0.15, 0.2) is 48.5 Å². The zero-order valence-corrected chi connectivity index (χ0v) is 18.6. The fourth-order valence-electron chi connectivity index (χ4n) is 3.68. The molecule has 0 spiro atoms. The number of amides is 2. The normalized spacial score (nSPS) is 14.3. The van der Waals surface area contributed by atoms with Crippen molar-refractivity contribution in [2.75, 3.05) is 30.4 Å². The molecule has 1 aliphatic heterocycles. The molecule has 0 saturated carbocycles. The largest absolute Gasteiger partial charge is 0.371 e. The molecular formula is C25H33N3O2. The molecule has 160 valence electrons. The molecule has 0 atom stereocenters. The number of carbonyl (C=O) groups excluding carboxylic acids is 2. The third kappa shape index (κ3) is 5.41. The predicted octanol–water partition coefficient (Wildman–Crippen LogP) is 4.93. The van der Waals surface area contributed by atoms with E-state index in [4.69, 9.17) is 0 Å². The molecule has 1 heterocycles. The molecule has 0 aromatic heterocycles. The van der Waals surface area contributed by atoms with Gasteiger partial charge in [-0.1, -0.05) is 45.0 Å². The molecular weight excluding hydrogens is 374 g/mol. The topological polar surface area (TPSA) is 52.6 Å². The fraction of sp³-hybridized carbons (Fsp3) is 0.440. The van der Waals surface area contributed by atoms with E-state index in [9.17, 15) is 9.59 Å². The van der Waals surface area contributed by atoms with E-state index in [2.05, 4.69) is 28.4 Å². The Morgan fingerprint density at radius 2 is 1.70 bits per heavy atom. The summed E-state index contributed by atoms with van der Waals surface area (Å²) >= 11 is 0. The van der Waals surface area contributed by atoms with Crippen molar-refractivity contribution in [1.82, 2.24) is 4.90 Å². The second-order valence-corrected chi connectivity index (χ2v) is 9.12. The van der Waals surface area contributed by atoms with Crippen molar-refractivity contribution in [3.05, 3.63) is 59.7 Å². The Morgan fingerprint density at radius 1 is 1.00 bits per heavy atom. The zero-order chi connectivity index (χ0) is 21.7. The minimum atomic E-state index is -0.491. The van der Waals surface area contributed by atoms with Crippen LogP contribution in [-0.4, -0.2) is 36.9 Å². The molecule has 1 N–H and O–H groups in total. The fourth-order valence-corrected chi connectivity index (χ4v) is 3.68. The number of hydrogen-bond acceptors (Lipinski definition) is 3. The summed E-state index contributed by atoms with van der Waals surface area (Å²) in [5, 5.41) is 2.90. The average Bonchev–Trinajstić information content (AvgIpc) is 2.73. The molecule has 0 radical (unpaired) electrons. The molecule has 3 rings (SSSR count). The second-order valence-electron chi connectivity index (χ2n) is 9.12. The number of carbonyl (C=O) groups is 2. The first-order valence-corrected chi connectivity index (χ1v) is 10.8. The summed E-state index contributed by atoms with van der Waals surface area (Å²) in [6.45, 7) is 8.29. The maximum atomic E-state index is 13.1. The van der Waals surface area contributed by atoms with Gasteiger partial charge in [-0.05, 0) is 49.1 Å². The van der Waals surface area contributed by atoms with Crippen molar-refractivity contribution in [1.29, 1.82) is 0 Å². The van der Waals surface area contributed by atoms with Gasteiger partial charge in [-0.25, -0.2) is 0 Å². The van der Waals surface area contributed by atoms with Gasteiger partial charge in [0.25, 0.3) is 5.91 Å². The molecule has 2 aromatic carbocycles. The monoisotopic (exact) mass is 407 g/mol. The van der Waals surface area contributed by atoms with Crippen LogP contribution in [0.4, 0.5) is 11.4 Å². The minimum Gasteiger partial charge on any atom is -0.371 e. The summed E-state index contributed by atoms with van der Waals surface area (Å²) in [4.78, 5) is 29.5. The van der Waals surface area contributed by atoms with Gasteiger partial charge in [-0.15, -0.1) is 0 Å². The van der Waals surface area contributed by atoms with Crippen molar-refractivity contribution in [3.8, 4) is 0 Å². The maximum absolute atomic E-state index is 13.1. The third-order valence-corrected chi connectivity index (χ3v) is 5.49. The van der Waals surface area contributed by atoms with Gasteiger partial charge in [0.05, 0.1) is 0 Å². The summed E-state index contributed by atoms with van der Waals surface area (Å²) in [5.41, 5.74) is 3.10. The number of nitrogens with one attached hydrogen (secondary N) is 1. The van der Waals surface area contributed by atoms with Crippen LogP contribution in [0.2, 0.25) is 0 Å². The summed E-state index contributed by atoms with van der Waals surface area (Å²) in [6, 6.07) is 15.5. The van der Waals surface area contributed by atoms with Crippen LogP contribution in [0.3, 0.4) is 0 Å². The van der Waals surface area contributed by atoms with Crippen molar-refractivity contribution >= 4 is 23.2 Å². The Kier molecular flexibility index (Phi) is 6.80. The molecule has 0 unspecified atom stereocenters. The lowest BCUT2D eigenvalue weighted by Gasteiger charge is -2.31. The Balaban J connectivity index is 1.73. The number of anilines is 2. The Morgan fingerprint density at radius 3 is 2.40 bits per heavy atom. The highest BCUT2D eigenvalue weighted by molar-refractivity contribution is 5.98. The van der Waals surface area contributed by atoms with Crippen molar-refractivity contribution in [3.63, 3.8) is 0 Å². The van der Waals surface area contributed by atoms with E-state index in [-0.39, 0.29) is 11.8 Å². The molecule has 0 bridgehead atoms. The molecule has 1 fully saturated rings. The summed E-state index contributed by atoms with van der Waals surface area (Å²) in [7, 11) is 1.83. The molecule has 1 aliphatic rings. The van der Waals surface area contributed by atoms with Gasteiger partial charge in [-0.3, -0.25) is 9.59 Å². The van der Waals surface area contributed by atoms with Gasteiger partial charge < -0.3 is 15.1 Å². The Bertz CT molecular complexity index is 895. The first kappa shape index (κ1) is 21.9. The molecule has 30 heavy (non-hydrogen) atoms.